The summed E-state index contributed by atoms with van der Waals surface area (Å²) in [5, 5.41) is 13.0. The first-order valence-corrected chi connectivity index (χ1v) is 7.57. The Morgan fingerprint density at radius 2 is 1.79 bits per heavy atom. The fourth-order valence-corrected chi connectivity index (χ4v) is 3.07. The Balaban J connectivity index is 2.24. The summed E-state index contributed by atoms with van der Waals surface area (Å²) < 4.78 is 0. The van der Waals surface area contributed by atoms with E-state index in [-0.39, 0.29) is 5.92 Å². The van der Waals surface area contributed by atoms with Crippen LogP contribution < -0.4 is 5.32 Å². The molecule has 1 saturated carbocycles. The zero-order valence-corrected chi connectivity index (χ0v) is 12.1. The molecule has 0 spiro atoms. The van der Waals surface area contributed by atoms with Gasteiger partial charge in [0, 0.05) is 11.7 Å². The number of hydrogen-bond donors (Lipinski definition) is 1. The fraction of sp³-hybridized carbons (Fsp3) is 0.588. The Labute approximate surface area is 116 Å². The lowest BCUT2D eigenvalue weighted by atomic mass is 9.85. The molecule has 0 radical (unpaired) electrons. The number of nitrogens with zero attached hydrogens (tertiary/aromatic N) is 1. The molecule has 0 heterocycles. The zero-order valence-electron chi connectivity index (χ0n) is 12.1. The number of benzene rings is 1. The van der Waals surface area contributed by atoms with Gasteiger partial charge in [0.25, 0.3) is 0 Å². The summed E-state index contributed by atoms with van der Waals surface area (Å²) in [6.07, 6.45) is 6.70. The number of nitriles is 1. The predicted molar refractivity (Wildman–Crippen MR) is 80.2 cm³/mol. The van der Waals surface area contributed by atoms with Crippen molar-refractivity contribution in [2.45, 2.75) is 58.4 Å². The van der Waals surface area contributed by atoms with Gasteiger partial charge in [-0.1, -0.05) is 44.9 Å². The molecule has 1 aromatic rings. The first-order valence-electron chi connectivity index (χ1n) is 7.57. The van der Waals surface area contributed by atoms with E-state index in [0.29, 0.717) is 6.04 Å². The number of nitrogens with one attached hydrogen (secondary N) is 1. The highest BCUT2D eigenvalue weighted by atomic mass is 14.9. The molecule has 0 aliphatic heterocycles. The minimum absolute atomic E-state index is 0.170. The summed E-state index contributed by atoms with van der Waals surface area (Å²) in [6, 6.07) is 9.36. The second kappa shape index (κ2) is 6.61. The largest absolute Gasteiger partial charge is 0.381 e. The highest BCUT2D eigenvalue weighted by Gasteiger charge is 2.25. The van der Waals surface area contributed by atoms with Gasteiger partial charge < -0.3 is 5.32 Å². The first kappa shape index (κ1) is 13.9. The van der Waals surface area contributed by atoms with E-state index in [1.807, 2.05) is 0 Å². The Morgan fingerprint density at radius 1 is 1.16 bits per heavy atom. The van der Waals surface area contributed by atoms with Gasteiger partial charge >= 0.3 is 0 Å². The lowest BCUT2D eigenvalue weighted by molar-refractivity contribution is 0.388. The summed E-state index contributed by atoms with van der Waals surface area (Å²) in [4.78, 5) is 0. The summed E-state index contributed by atoms with van der Waals surface area (Å²) in [6.45, 7) is 4.39. The summed E-state index contributed by atoms with van der Waals surface area (Å²) in [7, 11) is 0. The Bertz CT molecular complexity index is 437. The van der Waals surface area contributed by atoms with Crippen molar-refractivity contribution in [1.29, 1.82) is 5.26 Å². The van der Waals surface area contributed by atoms with Gasteiger partial charge in [0.2, 0.25) is 0 Å². The van der Waals surface area contributed by atoms with E-state index < -0.39 is 0 Å². The van der Waals surface area contributed by atoms with Crippen LogP contribution >= 0.6 is 0 Å². The summed E-state index contributed by atoms with van der Waals surface area (Å²) >= 11 is 0. The van der Waals surface area contributed by atoms with Crippen molar-refractivity contribution < 1.29 is 0 Å². The van der Waals surface area contributed by atoms with Crippen molar-refractivity contribution in [1.82, 2.24) is 0 Å². The molecule has 0 bridgehead atoms. The van der Waals surface area contributed by atoms with Gasteiger partial charge in [-0.2, -0.15) is 5.26 Å². The van der Waals surface area contributed by atoms with Crippen molar-refractivity contribution in [3.63, 3.8) is 0 Å². The average molecular weight is 256 g/mol. The molecule has 0 saturated heterocycles. The quantitative estimate of drug-likeness (QED) is 0.871. The van der Waals surface area contributed by atoms with Gasteiger partial charge in [-0.25, -0.2) is 0 Å². The third-order valence-electron chi connectivity index (χ3n) is 4.26. The SMILES string of the molecule is CCc1cccc(CC)c1NC1CCCCC1C#N. The van der Waals surface area contributed by atoms with Crippen LogP contribution in [0.5, 0.6) is 0 Å². The highest BCUT2D eigenvalue weighted by Crippen LogP contribution is 2.30. The van der Waals surface area contributed by atoms with Crippen LogP contribution in [-0.2, 0) is 12.8 Å². The van der Waals surface area contributed by atoms with Gasteiger partial charge in [-0.3, -0.25) is 0 Å². The lowest BCUT2D eigenvalue weighted by Crippen LogP contribution is -2.32. The van der Waals surface area contributed by atoms with Crippen LogP contribution in [0, 0.1) is 17.2 Å². The van der Waals surface area contributed by atoms with Crippen molar-refractivity contribution >= 4 is 5.69 Å². The molecule has 0 aromatic heterocycles. The van der Waals surface area contributed by atoms with Gasteiger partial charge in [-0.05, 0) is 36.8 Å². The number of anilines is 1. The molecule has 2 heteroatoms. The van der Waals surface area contributed by atoms with E-state index in [1.54, 1.807) is 0 Å². The molecule has 2 atom stereocenters. The lowest BCUT2D eigenvalue weighted by Gasteiger charge is -2.30. The predicted octanol–water partition coefficient (Wildman–Crippen LogP) is 4.31. The molecule has 2 unspecified atom stereocenters. The van der Waals surface area contributed by atoms with E-state index in [2.05, 4.69) is 43.4 Å². The molecular weight excluding hydrogens is 232 g/mol. The topological polar surface area (TPSA) is 35.8 Å². The molecule has 1 aliphatic carbocycles. The van der Waals surface area contributed by atoms with E-state index >= 15 is 0 Å². The minimum atomic E-state index is 0.170. The Morgan fingerprint density at radius 3 is 2.37 bits per heavy atom. The van der Waals surface area contributed by atoms with Gasteiger partial charge in [0.15, 0.2) is 0 Å². The number of para-hydroxylation sites is 1. The molecule has 1 fully saturated rings. The third-order valence-corrected chi connectivity index (χ3v) is 4.26. The third kappa shape index (κ3) is 3.10. The maximum Gasteiger partial charge on any atom is 0.0677 e. The maximum absolute atomic E-state index is 9.30. The van der Waals surface area contributed by atoms with Crippen LogP contribution in [0.15, 0.2) is 18.2 Å². The zero-order chi connectivity index (χ0) is 13.7. The summed E-state index contributed by atoms with van der Waals surface area (Å²) in [5.74, 6) is 0.170. The Hall–Kier alpha value is -1.49. The van der Waals surface area contributed by atoms with Crippen molar-refractivity contribution in [3.8, 4) is 6.07 Å². The van der Waals surface area contributed by atoms with Crippen LogP contribution in [0.2, 0.25) is 0 Å². The number of hydrogen-bond acceptors (Lipinski definition) is 2. The monoisotopic (exact) mass is 256 g/mol. The number of rotatable bonds is 4. The molecule has 2 rings (SSSR count). The van der Waals surface area contributed by atoms with Crippen LogP contribution in [0.25, 0.3) is 0 Å². The van der Waals surface area contributed by atoms with Crippen LogP contribution in [0.3, 0.4) is 0 Å². The second-order valence-corrected chi connectivity index (χ2v) is 5.43. The molecule has 2 nitrogen and oxygen atoms in total. The standard InChI is InChI=1S/C17H24N2/c1-3-13-9-7-10-14(4-2)17(13)19-16-11-6-5-8-15(16)12-18/h7,9-10,15-16,19H,3-6,8,11H2,1-2H3. The van der Waals surface area contributed by atoms with Crippen LogP contribution in [0.1, 0.15) is 50.7 Å². The minimum Gasteiger partial charge on any atom is -0.381 e. The van der Waals surface area contributed by atoms with Crippen LogP contribution in [-0.4, -0.2) is 6.04 Å². The van der Waals surface area contributed by atoms with Crippen LogP contribution in [0.4, 0.5) is 5.69 Å². The molecule has 1 aliphatic rings. The van der Waals surface area contributed by atoms with E-state index in [9.17, 15) is 5.26 Å². The smallest absolute Gasteiger partial charge is 0.0677 e. The Kier molecular flexibility index (Phi) is 4.85. The van der Waals surface area contributed by atoms with Crippen molar-refractivity contribution in [2.75, 3.05) is 5.32 Å². The van der Waals surface area contributed by atoms with Crippen molar-refractivity contribution in [3.05, 3.63) is 29.3 Å². The first-order chi connectivity index (χ1) is 9.30. The van der Waals surface area contributed by atoms with Gasteiger partial charge in [0.1, 0.15) is 0 Å². The molecular formula is C17H24N2. The second-order valence-electron chi connectivity index (χ2n) is 5.43. The number of aryl methyl sites for hydroxylation is 2. The van der Waals surface area contributed by atoms with Gasteiger partial charge in [-0.15, -0.1) is 0 Å². The molecule has 102 valence electrons. The van der Waals surface area contributed by atoms with E-state index in [4.69, 9.17) is 0 Å². The van der Waals surface area contributed by atoms with Gasteiger partial charge in [0.05, 0.1) is 12.0 Å². The average Bonchev–Trinajstić information content (AvgIpc) is 2.48. The highest BCUT2D eigenvalue weighted by molar-refractivity contribution is 5.58. The molecule has 1 aromatic carbocycles. The molecule has 1 N–H and O–H groups in total. The molecule has 0 amide bonds. The van der Waals surface area contributed by atoms with Crippen molar-refractivity contribution in [2.24, 2.45) is 5.92 Å². The normalized spacial score (nSPS) is 22.8. The van der Waals surface area contributed by atoms with E-state index in [0.717, 1.165) is 25.7 Å². The maximum atomic E-state index is 9.30. The summed E-state index contributed by atoms with van der Waals surface area (Å²) in [5.41, 5.74) is 4.04. The molecule has 19 heavy (non-hydrogen) atoms. The fourth-order valence-electron chi connectivity index (χ4n) is 3.07. The van der Waals surface area contributed by atoms with E-state index in [1.165, 1.54) is 29.7 Å².